The van der Waals surface area contributed by atoms with E-state index in [1.54, 1.807) is 18.2 Å². The fourth-order valence-electron chi connectivity index (χ4n) is 1.90. The van der Waals surface area contributed by atoms with Crippen molar-refractivity contribution in [1.29, 1.82) is 0 Å². The third kappa shape index (κ3) is 5.29. The summed E-state index contributed by atoms with van der Waals surface area (Å²) in [4.78, 5) is 10.1. The molecule has 1 aromatic carbocycles. The number of carbonyl (C=O) groups excluding carboxylic acids is 1. The molecule has 4 nitrogen and oxygen atoms in total. The van der Waals surface area contributed by atoms with E-state index in [0.717, 1.165) is 5.92 Å². The predicted octanol–water partition coefficient (Wildman–Crippen LogP) is -0.550. The van der Waals surface area contributed by atoms with Gasteiger partial charge in [0, 0.05) is 5.92 Å². The fourth-order valence-corrected chi connectivity index (χ4v) is 1.90. The lowest BCUT2D eigenvalue weighted by atomic mass is 10.0. The number of quaternary nitrogens is 1. The van der Waals surface area contributed by atoms with Crippen LogP contribution < -0.4 is 10.4 Å². The Morgan fingerprint density at radius 1 is 1.44 bits per heavy atom. The number of nitrogens with two attached hydrogens (primary N) is 1. The van der Waals surface area contributed by atoms with Gasteiger partial charge in [0.05, 0.1) is 19.1 Å². The second kappa shape index (κ2) is 7.84. The van der Waals surface area contributed by atoms with Gasteiger partial charge in [-0.1, -0.05) is 37.3 Å². The van der Waals surface area contributed by atoms with Crippen molar-refractivity contribution in [3.05, 3.63) is 35.9 Å². The molecular formula is C14H21NO3. The number of hydrogen-bond donors (Lipinski definition) is 2. The van der Waals surface area contributed by atoms with Crippen molar-refractivity contribution in [2.24, 2.45) is 5.92 Å². The summed E-state index contributed by atoms with van der Waals surface area (Å²) in [6.45, 7) is 5.06. The summed E-state index contributed by atoms with van der Waals surface area (Å²) in [5.41, 5.74) is 0.340. The zero-order chi connectivity index (χ0) is 13.4. The summed E-state index contributed by atoms with van der Waals surface area (Å²) in [5.74, 6) is -0.495. The number of carboxylic acid groups (broad SMARTS) is 1. The highest BCUT2D eigenvalue weighted by Gasteiger charge is 2.08. The van der Waals surface area contributed by atoms with E-state index in [1.165, 1.54) is 38.1 Å². The normalized spacial score (nSPS) is 20.4. The van der Waals surface area contributed by atoms with Gasteiger partial charge in [-0.15, -0.1) is 0 Å². The second-order valence-electron chi connectivity index (χ2n) is 4.69. The monoisotopic (exact) mass is 251 g/mol. The molecule has 0 spiro atoms. The Balaban J connectivity index is 0.000000199. The number of carboxylic acids is 1. The minimum absolute atomic E-state index is 0.340. The van der Waals surface area contributed by atoms with Gasteiger partial charge in [-0.2, -0.15) is 0 Å². The molecule has 0 unspecified atom stereocenters. The van der Waals surface area contributed by atoms with E-state index in [0.29, 0.717) is 5.56 Å². The van der Waals surface area contributed by atoms with Crippen LogP contribution in [0.25, 0.3) is 0 Å². The van der Waals surface area contributed by atoms with Crippen LogP contribution in [-0.2, 0) is 4.79 Å². The van der Waals surface area contributed by atoms with Crippen LogP contribution >= 0.6 is 0 Å². The fraction of sp³-hybridized carbons (Fsp3) is 0.500. The van der Waals surface area contributed by atoms with Crippen molar-refractivity contribution in [1.82, 2.24) is 0 Å². The molecule has 0 radical (unpaired) electrons. The molecule has 1 aliphatic rings. The summed E-state index contributed by atoms with van der Waals surface area (Å²) in [6, 6.07) is 8.11. The van der Waals surface area contributed by atoms with Gasteiger partial charge in [0.2, 0.25) is 0 Å². The standard InChI is InChI=1S/C8H8O3.C6H13N/c9-7(8(10)11)6-4-2-1-3-5-6;1-6-3-2-4-7-5-6/h1-5,7,9H,(H,10,11);6-7H,2-5H2,1H3/t7-;6-/m11/s1. The Morgan fingerprint density at radius 3 is 2.50 bits per heavy atom. The van der Waals surface area contributed by atoms with Crippen LogP contribution in [0.4, 0.5) is 0 Å². The molecule has 1 heterocycles. The lowest BCUT2D eigenvalue weighted by Gasteiger charge is -2.14. The Kier molecular flexibility index (Phi) is 6.39. The zero-order valence-electron chi connectivity index (χ0n) is 10.7. The lowest BCUT2D eigenvalue weighted by Crippen LogP contribution is -2.87. The first-order valence-corrected chi connectivity index (χ1v) is 6.36. The van der Waals surface area contributed by atoms with E-state index in [4.69, 9.17) is 5.11 Å². The van der Waals surface area contributed by atoms with E-state index in [2.05, 4.69) is 12.2 Å². The topological polar surface area (TPSA) is 77.0 Å². The second-order valence-corrected chi connectivity index (χ2v) is 4.69. The number of piperidine rings is 1. The zero-order valence-corrected chi connectivity index (χ0v) is 10.7. The first-order valence-electron chi connectivity index (χ1n) is 6.36. The highest BCUT2D eigenvalue weighted by Crippen LogP contribution is 2.09. The maximum absolute atomic E-state index is 10.1. The summed E-state index contributed by atoms with van der Waals surface area (Å²) in [5, 5.41) is 21.5. The van der Waals surface area contributed by atoms with Gasteiger partial charge in [-0.25, -0.2) is 0 Å². The first kappa shape index (κ1) is 14.7. The van der Waals surface area contributed by atoms with Gasteiger partial charge in [-0.05, 0) is 18.4 Å². The molecule has 0 amide bonds. The highest BCUT2D eigenvalue weighted by molar-refractivity contribution is 5.71. The maximum atomic E-state index is 10.1. The third-order valence-corrected chi connectivity index (χ3v) is 3.01. The molecule has 3 N–H and O–H groups in total. The highest BCUT2D eigenvalue weighted by atomic mass is 16.4. The van der Waals surface area contributed by atoms with Crippen LogP contribution in [0.2, 0.25) is 0 Å². The van der Waals surface area contributed by atoms with Crippen molar-refractivity contribution in [2.45, 2.75) is 25.9 Å². The predicted molar refractivity (Wildman–Crippen MR) is 66.5 cm³/mol. The number of rotatable bonds is 2. The quantitative estimate of drug-likeness (QED) is 0.740. The minimum atomic E-state index is -1.52. The molecule has 1 saturated heterocycles. The number of aliphatic hydroxyl groups excluding tert-OH is 1. The van der Waals surface area contributed by atoms with Gasteiger partial charge < -0.3 is 20.3 Å². The lowest BCUT2D eigenvalue weighted by molar-refractivity contribution is -0.668. The smallest absolute Gasteiger partial charge is 0.118 e. The van der Waals surface area contributed by atoms with Crippen LogP contribution in [0.5, 0.6) is 0 Å². The average molecular weight is 251 g/mol. The van der Waals surface area contributed by atoms with Crippen LogP contribution in [0.15, 0.2) is 30.3 Å². The molecular weight excluding hydrogens is 230 g/mol. The average Bonchev–Trinajstić information content (AvgIpc) is 2.40. The molecule has 0 aliphatic carbocycles. The van der Waals surface area contributed by atoms with E-state index in [1.807, 2.05) is 0 Å². The molecule has 18 heavy (non-hydrogen) atoms. The molecule has 4 heteroatoms. The van der Waals surface area contributed by atoms with Gasteiger partial charge in [-0.3, -0.25) is 0 Å². The Morgan fingerprint density at radius 2 is 2.11 bits per heavy atom. The maximum Gasteiger partial charge on any atom is 0.118 e. The Bertz CT molecular complexity index is 347. The van der Waals surface area contributed by atoms with Crippen molar-refractivity contribution >= 4 is 5.97 Å². The van der Waals surface area contributed by atoms with Gasteiger partial charge in [0.15, 0.2) is 0 Å². The number of hydrogen-bond acceptors (Lipinski definition) is 3. The largest absolute Gasteiger partial charge is 0.547 e. The van der Waals surface area contributed by atoms with Crippen molar-refractivity contribution in [3.63, 3.8) is 0 Å². The van der Waals surface area contributed by atoms with Crippen molar-refractivity contribution in [3.8, 4) is 0 Å². The Labute approximate surface area is 108 Å². The first-order chi connectivity index (χ1) is 8.61. The molecule has 2 atom stereocenters. The molecule has 0 saturated carbocycles. The molecule has 2 rings (SSSR count). The molecule has 0 bridgehead atoms. The van der Waals surface area contributed by atoms with Crippen LogP contribution in [-0.4, -0.2) is 24.2 Å². The SMILES string of the molecule is C[C@@H]1CCC[NH2+]C1.O=C([O-])[C@H](O)c1ccccc1. The van der Waals surface area contributed by atoms with Gasteiger partial charge >= 0.3 is 0 Å². The van der Waals surface area contributed by atoms with E-state index in [-0.39, 0.29) is 0 Å². The molecule has 1 aliphatic heterocycles. The summed E-state index contributed by atoms with van der Waals surface area (Å²) < 4.78 is 0. The third-order valence-electron chi connectivity index (χ3n) is 3.01. The van der Waals surface area contributed by atoms with Crippen molar-refractivity contribution < 1.29 is 20.3 Å². The van der Waals surface area contributed by atoms with E-state index in [9.17, 15) is 9.90 Å². The molecule has 1 fully saturated rings. The summed E-state index contributed by atoms with van der Waals surface area (Å²) in [6.07, 6.45) is 1.37. The van der Waals surface area contributed by atoms with Crippen LogP contribution in [0.3, 0.4) is 0 Å². The summed E-state index contributed by atoms with van der Waals surface area (Å²) >= 11 is 0. The van der Waals surface area contributed by atoms with Crippen LogP contribution in [0.1, 0.15) is 31.4 Å². The molecule has 0 aromatic heterocycles. The number of benzene rings is 1. The van der Waals surface area contributed by atoms with Crippen molar-refractivity contribution in [2.75, 3.05) is 13.1 Å². The van der Waals surface area contributed by atoms with Crippen LogP contribution in [0, 0.1) is 5.92 Å². The minimum Gasteiger partial charge on any atom is -0.547 e. The molecule has 100 valence electrons. The van der Waals surface area contributed by atoms with Gasteiger partial charge in [0.1, 0.15) is 6.10 Å². The molecule has 1 aromatic rings. The number of aliphatic hydroxyl groups is 1. The van der Waals surface area contributed by atoms with E-state index < -0.39 is 12.1 Å². The number of aliphatic carboxylic acids is 1. The van der Waals surface area contributed by atoms with E-state index >= 15 is 0 Å². The van der Waals surface area contributed by atoms with Gasteiger partial charge in [0.25, 0.3) is 0 Å². The summed E-state index contributed by atoms with van der Waals surface area (Å²) in [7, 11) is 0. The number of carbonyl (C=O) groups is 1. The Hall–Kier alpha value is -1.39.